The second-order valence-electron chi connectivity index (χ2n) is 7.00. The van der Waals surface area contributed by atoms with Crippen molar-refractivity contribution in [3.05, 3.63) is 42.7 Å². The zero-order valence-electron chi connectivity index (χ0n) is 13.5. The van der Waals surface area contributed by atoms with Crippen LogP contribution in [-0.2, 0) is 4.79 Å². The largest absolute Gasteiger partial charge is 0.384 e. The van der Waals surface area contributed by atoms with E-state index >= 15 is 0 Å². The lowest BCUT2D eigenvalue weighted by Gasteiger charge is -2.45. The van der Waals surface area contributed by atoms with E-state index < -0.39 is 0 Å². The third kappa shape index (κ3) is 2.47. The van der Waals surface area contributed by atoms with Crippen LogP contribution in [0.2, 0.25) is 0 Å². The van der Waals surface area contributed by atoms with E-state index in [-0.39, 0.29) is 11.6 Å². The van der Waals surface area contributed by atoms with E-state index in [1.807, 2.05) is 18.3 Å². The smallest absolute Gasteiger partial charge is 0.155 e. The summed E-state index contributed by atoms with van der Waals surface area (Å²) in [4.78, 5) is 16.5. The summed E-state index contributed by atoms with van der Waals surface area (Å²) >= 11 is 0. The van der Waals surface area contributed by atoms with Crippen molar-refractivity contribution in [3.8, 4) is 0 Å². The van der Waals surface area contributed by atoms with Crippen LogP contribution >= 0.6 is 0 Å². The Labute approximate surface area is 132 Å². The lowest BCUT2D eigenvalue weighted by atomic mass is 9.91. The highest BCUT2D eigenvalue weighted by molar-refractivity contribution is 5.91. The van der Waals surface area contributed by atoms with Crippen molar-refractivity contribution in [2.75, 3.05) is 9.80 Å². The minimum Gasteiger partial charge on any atom is -0.384 e. The number of Topliss-reactive ketones (excluding diaryl/α,β-unsaturated/α-hetero) is 1. The quantitative estimate of drug-likeness (QED) is 0.865. The highest BCUT2D eigenvalue weighted by Gasteiger charge is 2.35. The molecule has 0 bridgehead atoms. The molecule has 2 aliphatic rings. The highest BCUT2D eigenvalue weighted by atomic mass is 16.1. The Morgan fingerprint density at radius 3 is 2.50 bits per heavy atom. The van der Waals surface area contributed by atoms with Crippen LogP contribution in [0.4, 0.5) is 11.4 Å². The van der Waals surface area contributed by atoms with Gasteiger partial charge < -0.3 is 15.5 Å². The first-order valence-corrected chi connectivity index (χ1v) is 7.89. The molecular weight excluding hydrogens is 274 g/mol. The number of anilines is 2. The van der Waals surface area contributed by atoms with Crippen LogP contribution in [0.5, 0.6) is 0 Å². The second kappa shape index (κ2) is 5.34. The molecule has 1 aromatic rings. The molecule has 1 saturated carbocycles. The average molecular weight is 298 g/mol. The number of nitrogens with two attached hydrogens (primary N) is 1. The standard InChI is InChI=1S/C18H24N3O/c1-18(2,3)21-14-9-5-4-8-13(14)20(12-17(21)19)15-10-6-7-11-16(15)22/h4-6,8-9,12,15H,7,10-11,19H2,1-3H3. The van der Waals surface area contributed by atoms with Crippen LogP contribution in [0.25, 0.3) is 0 Å². The van der Waals surface area contributed by atoms with E-state index in [0.717, 1.165) is 24.2 Å². The first kappa shape index (κ1) is 14.9. The molecule has 22 heavy (non-hydrogen) atoms. The molecule has 1 aliphatic heterocycles. The average Bonchev–Trinajstić information content (AvgIpc) is 2.45. The Bertz CT molecular complexity index is 615. The lowest BCUT2D eigenvalue weighted by Crippen LogP contribution is -2.50. The topological polar surface area (TPSA) is 49.6 Å². The maximum absolute atomic E-state index is 12.3. The summed E-state index contributed by atoms with van der Waals surface area (Å²) in [6.07, 6.45) is 6.43. The molecule has 2 N–H and O–H groups in total. The van der Waals surface area contributed by atoms with Gasteiger partial charge in [-0.25, -0.2) is 0 Å². The summed E-state index contributed by atoms with van der Waals surface area (Å²) in [5.74, 6) is 0.982. The lowest BCUT2D eigenvalue weighted by molar-refractivity contribution is -0.120. The summed E-state index contributed by atoms with van der Waals surface area (Å²) in [5, 5.41) is 0. The van der Waals surface area contributed by atoms with E-state index in [2.05, 4.69) is 49.1 Å². The molecule has 1 radical (unpaired) electrons. The number of hydrogen-bond donors (Lipinski definition) is 1. The molecule has 4 heteroatoms. The minimum atomic E-state index is -0.129. The predicted molar refractivity (Wildman–Crippen MR) is 90.4 cm³/mol. The third-order valence-corrected chi connectivity index (χ3v) is 4.29. The van der Waals surface area contributed by atoms with Crippen LogP contribution in [0, 0.1) is 6.42 Å². The molecule has 0 spiro atoms. The van der Waals surface area contributed by atoms with E-state index in [9.17, 15) is 4.79 Å². The van der Waals surface area contributed by atoms with Crippen LogP contribution in [0.15, 0.2) is 36.3 Å². The van der Waals surface area contributed by atoms with Gasteiger partial charge in [0.15, 0.2) is 5.78 Å². The SMILES string of the molecule is CC(C)(C)N1C(N)=CN(C2C[CH]CCC2=O)c2ccccc21. The fourth-order valence-electron chi connectivity index (χ4n) is 3.37. The van der Waals surface area contributed by atoms with Crippen molar-refractivity contribution in [1.29, 1.82) is 0 Å². The first-order chi connectivity index (χ1) is 10.4. The molecule has 117 valence electrons. The Morgan fingerprint density at radius 2 is 1.86 bits per heavy atom. The third-order valence-electron chi connectivity index (χ3n) is 4.29. The van der Waals surface area contributed by atoms with Crippen molar-refractivity contribution < 1.29 is 4.79 Å². The number of carbonyl (C=O) groups excluding carboxylic acids is 1. The van der Waals surface area contributed by atoms with Crippen molar-refractivity contribution in [3.63, 3.8) is 0 Å². The maximum atomic E-state index is 12.3. The Hall–Kier alpha value is -1.97. The van der Waals surface area contributed by atoms with E-state index in [0.29, 0.717) is 18.0 Å². The van der Waals surface area contributed by atoms with Crippen LogP contribution < -0.4 is 15.5 Å². The zero-order chi connectivity index (χ0) is 15.9. The van der Waals surface area contributed by atoms with Gasteiger partial charge in [0, 0.05) is 18.2 Å². The van der Waals surface area contributed by atoms with Gasteiger partial charge in [-0.15, -0.1) is 0 Å². The summed E-state index contributed by atoms with van der Waals surface area (Å²) in [6, 6.07) is 8.04. The summed E-state index contributed by atoms with van der Waals surface area (Å²) in [5.41, 5.74) is 8.35. The Kier molecular flexibility index (Phi) is 3.63. The first-order valence-electron chi connectivity index (χ1n) is 7.89. The van der Waals surface area contributed by atoms with E-state index in [4.69, 9.17) is 5.73 Å². The normalized spacial score (nSPS) is 22.4. The number of rotatable bonds is 1. The number of ketones is 1. The molecule has 1 heterocycles. The summed E-state index contributed by atoms with van der Waals surface area (Å²) < 4.78 is 0. The van der Waals surface area contributed by atoms with Gasteiger partial charge in [-0.05, 0) is 52.2 Å². The van der Waals surface area contributed by atoms with Crippen LogP contribution in [-0.4, -0.2) is 17.4 Å². The molecule has 0 aromatic heterocycles. The van der Waals surface area contributed by atoms with Gasteiger partial charge in [0.05, 0.1) is 17.4 Å². The monoisotopic (exact) mass is 298 g/mol. The molecule has 1 atom stereocenters. The number of para-hydroxylation sites is 2. The van der Waals surface area contributed by atoms with Gasteiger partial charge in [0.1, 0.15) is 5.82 Å². The van der Waals surface area contributed by atoms with E-state index in [1.54, 1.807) is 0 Å². The van der Waals surface area contributed by atoms with Gasteiger partial charge in [0.2, 0.25) is 0 Å². The number of nitrogens with zero attached hydrogens (tertiary/aromatic N) is 2. The minimum absolute atomic E-state index is 0.120. The number of hydrogen-bond acceptors (Lipinski definition) is 4. The van der Waals surface area contributed by atoms with Crippen molar-refractivity contribution in [1.82, 2.24) is 0 Å². The van der Waals surface area contributed by atoms with Crippen LogP contribution in [0.1, 0.15) is 40.0 Å². The highest BCUT2D eigenvalue weighted by Crippen LogP contribution is 2.41. The molecule has 4 nitrogen and oxygen atoms in total. The van der Waals surface area contributed by atoms with Crippen molar-refractivity contribution >= 4 is 17.2 Å². The van der Waals surface area contributed by atoms with Gasteiger partial charge in [0.25, 0.3) is 0 Å². The van der Waals surface area contributed by atoms with Gasteiger partial charge in [-0.3, -0.25) is 4.79 Å². The molecule has 1 aliphatic carbocycles. The number of benzene rings is 1. The zero-order valence-corrected chi connectivity index (χ0v) is 13.5. The Morgan fingerprint density at radius 1 is 1.18 bits per heavy atom. The predicted octanol–water partition coefficient (Wildman–Crippen LogP) is 3.19. The molecule has 0 saturated heterocycles. The second-order valence-corrected chi connectivity index (χ2v) is 7.00. The van der Waals surface area contributed by atoms with E-state index in [1.165, 1.54) is 0 Å². The van der Waals surface area contributed by atoms with Gasteiger partial charge in [-0.1, -0.05) is 12.1 Å². The van der Waals surface area contributed by atoms with Gasteiger partial charge in [-0.2, -0.15) is 0 Å². The van der Waals surface area contributed by atoms with Crippen molar-refractivity contribution in [2.24, 2.45) is 5.73 Å². The molecule has 1 aromatic carbocycles. The Balaban J connectivity index is 2.07. The summed E-state index contributed by atoms with van der Waals surface area (Å²) in [7, 11) is 0. The number of fused-ring (bicyclic) bond motifs is 1. The molecule has 1 fully saturated rings. The van der Waals surface area contributed by atoms with Crippen molar-refractivity contribution in [2.45, 2.75) is 51.6 Å². The van der Waals surface area contributed by atoms with Crippen LogP contribution in [0.3, 0.4) is 0 Å². The molecular formula is C18H24N3O. The molecule has 3 rings (SSSR count). The fourth-order valence-corrected chi connectivity index (χ4v) is 3.37. The van der Waals surface area contributed by atoms with Gasteiger partial charge >= 0.3 is 0 Å². The maximum Gasteiger partial charge on any atom is 0.155 e. The summed E-state index contributed by atoms with van der Waals surface area (Å²) in [6.45, 7) is 6.42. The fraction of sp³-hybridized carbons (Fsp3) is 0.444. The molecule has 1 unspecified atom stereocenters. The molecule has 0 amide bonds. The number of carbonyl (C=O) groups is 1.